The summed E-state index contributed by atoms with van der Waals surface area (Å²) in [6.45, 7) is 3.98. The number of anilines is 1. The first kappa shape index (κ1) is 22.3. The molecule has 0 atom stereocenters. The standard InChI is InChI=1S/C24H24N6O2S2/c1-13(2)17-9-18(21(32)10-20(17)31)22-27-28-24(34-12-15-11-33-23(25)26-15)30(22)16-4-5-19-14(8-16)6-7-29(19)3/h4-11,13,31-32H,12H2,1-3H3,(H2,25,26). The zero-order valence-corrected chi connectivity index (χ0v) is 20.6. The van der Waals surface area contributed by atoms with Gasteiger partial charge < -0.3 is 20.5 Å². The van der Waals surface area contributed by atoms with E-state index < -0.39 is 0 Å². The molecule has 174 valence electrons. The average molecular weight is 493 g/mol. The van der Waals surface area contributed by atoms with Crippen LogP contribution < -0.4 is 5.73 Å². The summed E-state index contributed by atoms with van der Waals surface area (Å²) in [6, 6.07) is 11.4. The number of nitrogens with two attached hydrogens (primary N) is 1. The van der Waals surface area contributed by atoms with Crippen LogP contribution >= 0.6 is 23.1 Å². The molecule has 0 fully saturated rings. The van der Waals surface area contributed by atoms with Crippen LogP contribution in [0.25, 0.3) is 28.0 Å². The van der Waals surface area contributed by atoms with Gasteiger partial charge in [0.25, 0.3) is 0 Å². The normalized spacial score (nSPS) is 11.6. The number of phenolic OH excluding ortho intramolecular Hbond substituents is 2. The first-order valence-corrected chi connectivity index (χ1v) is 12.6. The van der Waals surface area contributed by atoms with Gasteiger partial charge >= 0.3 is 0 Å². The van der Waals surface area contributed by atoms with Crippen LogP contribution in [0.1, 0.15) is 31.0 Å². The number of nitrogen functional groups attached to an aromatic ring is 1. The fourth-order valence-electron chi connectivity index (χ4n) is 3.94. The highest BCUT2D eigenvalue weighted by molar-refractivity contribution is 7.98. The van der Waals surface area contributed by atoms with Crippen LogP contribution in [0.4, 0.5) is 5.13 Å². The summed E-state index contributed by atoms with van der Waals surface area (Å²) in [6.07, 6.45) is 2.02. The lowest BCUT2D eigenvalue weighted by molar-refractivity contribution is 0.444. The van der Waals surface area contributed by atoms with Gasteiger partial charge in [-0.25, -0.2) is 4.98 Å². The Hall–Kier alpha value is -3.50. The summed E-state index contributed by atoms with van der Waals surface area (Å²) in [4.78, 5) is 4.34. The van der Waals surface area contributed by atoms with Crippen molar-refractivity contribution in [1.82, 2.24) is 24.3 Å². The third kappa shape index (κ3) is 3.99. The summed E-state index contributed by atoms with van der Waals surface area (Å²) < 4.78 is 4.00. The number of thioether (sulfide) groups is 1. The number of fused-ring (bicyclic) bond motifs is 1. The van der Waals surface area contributed by atoms with Crippen molar-refractivity contribution in [3.05, 3.63) is 59.2 Å². The van der Waals surface area contributed by atoms with E-state index in [-0.39, 0.29) is 17.4 Å². The molecule has 0 bridgehead atoms. The van der Waals surface area contributed by atoms with Crippen molar-refractivity contribution in [1.29, 1.82) is 0 Å². The molecular weight excluding hydrogens is 468 g/mol. The number of rotatable bonds is 6. The number of hydrogen-bond donors (Lipinski definition) is 3. The van der Waals surface area contributed by atoms with E-state index in [9.17, 15) is 10.2 Å². The molecule has 4 N–H and O–H groups in total. The van der Waals surface area contributed by atoms with Crippen LogP contribution in [0.15, 0.2) is 53.1 Å². The van der Waals surface area contributed by atoms with Crippen LogP contribution in [0.2, 0.25) is 0 Å². The Morgan fingerprint density at radius 3 is 2.65 bits per heavy atom. The zero-order valence-electron chi connectivity index (χ0n) is 18.9. The van der Waals surface area contributed by atoms with Crippen LogP contribution in [-0.2, 0) is 12.8 Å². The molecule has 34 heavy (non-hydrogen) atoms. The monoisotopic (exact) mass is 492 g/mol. The van der Waals surface area contributed by atoms with Crippen molar-refractivity contribution in [2.75, 3.05) is 5.73 Å². The second-order valence-corrected chi connectivity index (χ2v) is 10.2. The lowest BCUT2D eigenvalue weighted by Crippen LogP contribution is -2.01. The number of hydrogen-bond acceptors (Lipinski definition) is 8. The van der Waals surface area contributed by atoms with Gasteiger partial charge in [-0.3, -0.25) is 4.57 Å². The maximum absolute atomic E-state index is 10.7. The van der Waals surface area contributed by atoms with Gasteiger partial charge in [-0.1, -0.05) is 25.6 Å². The quantitative estimate of drug-likeness (QED) is 0.276. The number of aromatic hydroxyl groups is 2. The minimum atomic E-state index is -0.0554. The molecule has 0 unspecified atom stereocenters. The first-order chi connectivity index (χ1) is 16.3. The van der Waals surface area contributed by atoms with Crippen molar-refractivity contribution < 1.29 is 10.2 Å². The molecule has 5 aromatic rings. The lowest BCUT2D eigenvalue weighted by atomic mass is 9.98. The number of nitrogens with zero attached hydrogens (tertiary/aromatic N) is 5. The van der Waals surface area contributed by atoms with Gasteiger partial charge in [0.1, 0.15) is 11.5 Å². The third-order valence-corrected chi connectivity index (χ3v) is 7.37. The van der Waals surface area contributed by atoms with Crippen molar-refractivity contribution in [3.63, 3.8) is 0 Å². The van der Waals surface area contributed by atoms with Crippen LogP contribution in [0.5, 0.6) is 11.5 Å². The Balaban J connectivity index is 1.66. The Morgan fingerprint density at radius 1 is 1.09 bits per heavy atom. The Kier molecular flexibility index (Phi) is 5.70. The summed E-state index contributed by atoms with van der Waals surface area (Å²) in [5.74, 6) is 1.15. The molecule has 0 saturated carbocycles. The fraction of sp³-hybridized carbons (Fsp3) is 0.208. The highest BCUT2D eigenvalue weighted by atomic mass is 32.2. The summed E-state index contributed by atoms with van der Waals surface area (Å²) in [5, 5.41) is 34.2. The molecule has 0 aliphatic carbocycles. The molecule has 0 aliphatic heterocycles. The molecule has 5 rings (SSSR count). The largest absolute Gasteiger partial charge is 0.508 e. The maximum atomic E-state index is 10.7. The van der Waals surface area contributed by atoms with Gasteiger partial charge in [0, 0.05) is 41.3 Å². The van der Waals surface area contributed by atoms with E-state index in [1.807, 2.05) is 43.1 Å². The molecule has 2 aromatic carbocycles. The minimum absolute atomic E-state index is 0.0554. The van der Waals surface area contributed by atoms with E-state index in [1.165, 1.54) is 29.2 Å². The molecule has 0 saturated heterocycles. The summed E-state index contributed by atoms with van der Waals surface area (Å²) in [5.41, 5.74) is 9.88. The number of aromatic nitrogens is 5. The molecule has 3 heterocycles. The average Bonchev–Trinajstić information content (AvgIpc) is 3.50. The minimum Gasteiger partial charge on any atom is -0.508 e. The molecule has 3 aromatic heterocycles. The number of aryl methyl sites for hydroxylation is 1. The summed E-state index contributed by atoms with van der Waals surface area (Å²) in [7, 11) is 2.01. The number of benzene rings is 2. The number of phenols is 2. The second kappa shape index (κ2) is 8.69. The van der Waals surface area contributed by atoms with E-state index in [4.69, 9.17) is 5.73 Å². The fourth-order valence-corrected chi connectivity index (χ4v) is 5.45. The van der Waals surface area contributed by atoms with Crippen LogP contribution in [-0.4, -0.2) is 34.5 Å². The third-order valence-electron chi connectivity index (χ3n) is 5.69. The zero-order chi connectivity index (χ0) is 24.0. The van der Waals surface area contributed by atoms with Gasteiger partial charge in [-0.2, -0.15) is 0 Å². The topological polar surface area (TPSA) is 115 Å². The predicted octanol–water partition coefficient (Wildman–Crippen LogP) is 5.29. The second-order valence-electron chi connectivity index (χ2n) is 8.36. The summed E-state index contributed by atoms with van der Waals surface area (Å²) >= 11 is 2.90. The van der Waals surface area contributed by atoms with Crippen molar-refractivity contribution in [3.8, 4) is 28.6 Å². The van der Waals surface area contributed by atoms with E-state index in [0.717, 1.165) is 27.8 Å². The highest BCUT2D eigenvalue weighted by Crippen LogP contribution is 2.39. The molecular formula is C24H24N6O2S2. The SMILES string of the molecule is CC(C)c1cc(-c2nnc(SCc3csc(N)n3)n2-c2ccc3c(ccn3C)c2)c(O)cc1O. The van der Waals surface area contributed by atoms with Crippen LogP contribution in [0.3, 0.4) is 0 Å². The first-order valence-electron chi connectivity index (χ1n) is 10.7. The smallest absolute Gasteiger partial charge is 0.196 e. The lowest BCUT2D eigenvalue weighted by Gasteiger charge is -2.15. The molecule has 0 spiro atoms. The molecule has 0 radical (unpaired) electrons. The van der Waals surface area contributed by atoms with Gasteiger partial charge in [-0.05, 0) is 41.8 Å². The van der Waals surface area contributed by atoms with E-state index in [2.05, 4.69) is 37.9 Å². The van der Waals surface area contributed by atoms with Crippen LogP contribution in [0, 0.1) is 0 Å². The Labute approximate surface area is 204 Å². The van der Waals surface area contributed by atoms with Crippen molar-refractivity contribution in [2.45, 2.75) is 30.7 Å². The molecule has 0 aliphatic rings. The predicted molar refractivity (Wildman–Crippen MR) is 137 cm³/mol. The van der Waals surface area contributed by atoms with Gasteiger partial charge in [0.2, 0.25) is 0 Å². The van der Waals surface area contributed by atoms with E-state index in [0.29, 0.717) is 27.4 Å². The van der Waals surface area contributed by atoms with Crippen molar-refractivity contribution >= 4 is 39.1 Å². The van der Waals surface area contributed by atoms with Gasteiger partial charge in [0.05, 0.1) is 16.9 Å². The molecule has 8 nitrogen and oxygen atoms in total. The number of thiazole rings is 1. The van der Waals surface area contributed by atoms with E-state index >= 15 is 0 Å². The highest BCUT2D eigenvalue weighted by Gasteiger charge is 2.22. The van der Waals surface area contributed by atoms with E-state index in [1.54, 1.807) is 6.07 Å². The van der Waals surface area contributed by atoms with Gasteiger partial charge in [0.15, 0.2) is 16.1 Å². The molecule has 10 heteroatoms. The molecule has 0 amide bonds. The maximum Gasteiger partial charge on any atom is 0.196 e. The Bertz CT molecular complexity index is 1500. The van der Waals surface area contributed by atoms with Gasteiger partial charge in [-0.15, -0.1) is 21.5 Å². The Morgan fingerprint density at radius 2 is 1.91 bits per heavy atom. The van der Waals surface area contributed by atoms with Crippen molar-refractivity contribution in [2.24, 2.45) is 7.05 Å².